The topological polar surface area (TPSA) is 71.1 Å². The van der Waals surface area contributed by atoms with Crippen LogP contribution in [0.15, 0.2) is 47.5 Å². The van der Waals surface area contributed by atoms with Crippen molar-refractivity contribution in [2.24, 2.45) is 0 Å². The van der Waals surface area contributed by atoms with E-state index in [0.717, 1.165) is 12.1 Å². The smallest absolute Gasteiger partial charge is 0.263 e. The van der Waals surface area contributed by atoms with Gasteiger partial charge in [0.2, 0.25) is 0 Å². The average Bonchev–Trinajstić information content (AvgIpc) is 2.46. The molecule has 0 spiro atoms. The van der Waals surface area contributed by atoms with E-state index in [1.165, 1.54) is 18.3 Å². The second kappa shape index (κ2) is 6.89. The molecule has 1 heterocycles. The van der Waals surface area contributed by atoms with Crippen LogP contribution in [-0.2, 0) is 16.6 Å². The predicted molar refractivity (Wildman–Crippen MR) is 83.9 cm³/mol. The molecule has 0 aliphatic rings. The van der Waals surface area contributed by atoms with Gasteiger partial charge in [0.25, 0.3) is 10.0 Å². The lowest BCUT2D eigenvalue weighted by Crippen LogP contribution is -2.15. The summed E-state index contributed by atoms with van der Waals surface area (Å²) < 4.78 is 26.9. The summed E-state index contributed by atoms with van der Waals surface area (Å²) >= 11 is 6.13. The van der Waals surface area contributed by atoms with Crippen LogP contribution in [0, 0.1) is 0 Å². The number of rotatable bonds is 6. The van der Waals surface area contributed by atoms with Crippen molar-refractivity contribution >= 4 is 27.4 Å². The molecule has 0 saturated carbocycles. The zero-order chi connectivity index (χ0) is 15.3. The highest BCUT2D eigenvalue weighted by Crippen LogP contribution is 2.22. The van der Waals surface area contributed by atoms with Crippen molar-refractivity contribution in [2.45, 2.75) is 18.4 Å². The molecule has 0 radical (unpaired) electrons. The molecule has 0 fully saturated rings. The third-order valence-electron chi connectivity index (χ3n) is 2.80. The normalized spacial score (nSPS) is 11.3. The highest BCUT2D eigenvalue weighted by atomic mass is 35.5. The lowest BCUT2D eigenvalue weighted by atomic mass is 10.2. The summed E-state index contributed by atoms with van der Waals surface area (Å²) in [5, 5.41) is 3.56. The number of benzene rings is 1. The number of sulfonamides is 1. The van der Waals surface area contributed by atoms with Crippen molar-refractivity contribution in [1.29, 1.82) is 0 Å². The van der Waals surface area contributed by atoms with Crippen LogP contribution >= 0.6 is 11.6 Å². The Bertz CT molecular complexity index is 705. The first-order valence-corrected chi connectivity index (χ1v) is 8.32. The molecule has 0 aliphatic heterocycles. The van der Waals surface area contributed by atoms with E-state index < -0.39 is 10.0 Å². The van der Waals surface area contributed by atoms with E-state index in [4.69, 9.17) is 11.6 Å². The van der Waals surface area contributed by atoms with Crippen LogP contribution in [0.25, 0.3) is 0 Å². The number of nitrogens with zero attached hydrogens (tertiary/aromatic N) is 1. The van der Waals surface area contributed by atoms with Gasteiger partial charge < -0.3 is 5.32 Å². The number of hydrogen-bond donors (Lipinski definition) is 2. The monoisotopic (exact) mass is 325 g/mol. The van der Waals surface area contributed by atoms with Gasteiger partial charge in [-0.3, -0.25) is 4.72 Å². The Morgan fingerprint density at radius 2 is 2.05 bits per heavy atom. The van der Waals surface area contributed by atoms with Crippen LogP contribution in [0.4, 0.5) is 5.82 Å². The van der Waals surface area contributed by atoms with Gasteiger partial charge in [0.15, 0.2) is 0 Å². The van der Waals surface area contributed by atoms with Gasteiger partial charge >= 0.3 is 0 Å². The number of aromatic nitrogens is 1. The minimum Gasteiger partial charge on any atom is -0.313 e. The molecule has 1 aromatic carbocycles. The zero-order valence-corrected chi connectivity index (χ0v) is 13.1. The molecule has 0 atom stereocenters. The molecule has 7 heteroatoms. The first-order chi connectivity index (χ1) is 10.0. The second-order valence-electron chi connectivity index (χ2n) is 4.35. The maximum absolute atomic E-state index is 12.3. The van der Waals surface area contributed by atoms with Gasteiger partial charge in [-0.15, -0.1) is 0 Å². The van der Waals surface area contributed by atoms with E-state index >= 15 is 0 Å². The Morgan fingerprint density at radius 1 is 1.24 bits per heavy atom. The first-order valence-electron chi connectivity index (χ1n) is 6.46. The van der Waals surface area contributed by atoms with E-state index in [0.29, 0.717) is 11.6 Å². The largest absolute Gasteiger partial charge is 0.313 e. The summed E-state index contributed by atoms with van der Waals surface area (Å²) in [7, 11) is -3.69. The number of pyridine rings is 1. The summed E-state index contributed by atoms with van der Waals surface area (Å²) in [4.78, 5) is 4.05. The molecular weight excluding hydrogens is 310 g/mol. The third-order valence-corrected chi connectivity index (χ3v) is 4.51. The van der Waals surface area contributed by atoms with Crippen LogP contribution in [-0.4, -0.2) is 19.9 Å². The number of anilines is 1. The molecule has 0 amide bonds. The van der Waals surface area contributed by atoms with E-state index in [2.05, 4.69) is 15.0 Å². The van der Waals surface area contributed by atoms with Crippen molar-refractivity contribution < 1.29 is 8.42 Å². The SMILES string of the molecule is CCNCc1ccc(S(=O)(=O)Nc2ccccn2)cc1Cl. The maximum atomic E-state index is 12.3. The summed E-state index contributed by atoms with van der Waals surface area (Å²) in [5.74, 6) is 0.269. The second-order valence-corrected chi connectivity index (χ2v) is 6.44. The maximum Gasteiger partial charge on any atom is 0.263 e. The van der Waals surface area contributed by atoms with Gasteiger partial charge in [-0.1, -0.05) is 30.7 Å². The van der Waals surface area contributed by atoms with Crippen LogP contribution < -0.4 is 10.0 Å². The van der Waals surface area contributed by atoms with Crippen molar-refractivity contribution in [3.63, 3.8) is 0 Å². The number of nitrogens with one attached hydrogen (secondary N) is 2. The summed E-state index contributed by atoms with van der Waals surface area (Å²) in [5.41, 5.74) is 0.857. The van der Waals surface area contributed by atoms with Gasteiger partial charge in [0.1, 0.15) is 5.82 Å². The Balaban J connectivity index is 2.22. The van der Waals surface area contributed by atoms with Crippen LogP contribution in [0.5, 0.6) is 0 Å². The van der Waals surface area contributed by atoms with E-state index in [1.54, 1.807) is 24.3 Å². The first kappa shape index (κ1) is 15.8. The van der Waals surface area contributed by atoms with Crippen LogP contribution in [0.1, 0.15) is 12.5 Å². The molecule has 0 aliphatic carbocycles. The van der Waals surface area contributed by atoms with E-state index in [-0.39, 0.29) is 10.7 Å². The van der Waals surface area contributed by atoms with Crippen molar-refractivity contribution in [3.8, 4) is 0 Å². The van der Waals surface area contributed by atoms with E-state index in [1.807, 2.05) is 6.92 Å². The van der Waals surface area contributed by atoms with Gasteiger partial charge in [0.05, 0.1) is 4.90 Å². The number of hydrogen-bond acceptors (Lipinski definition) is 4. The van der Waals surface area contributed by atoms with E-state index in [9.17, 15) is 8.42 Å². The molecule has 2 aromatic rings. The Kier molecular flexibility index (Phi) is 5.17. The third kappa shape index (κ3) is 4.17. The minimum atomic E-state index is -3.69. The zero-order valence-electron chi connectivity index (χ0n) is 11.5. The fourth-order valence-corrected chi connectivity index (χ4v) is 3.06. The highest BCUT2D eigenvalue weighted by Gasteiger charge is 2.16. The standard InChI is InChI=1S/C14H16ClN3O2S/c1-2-16-10-11-6-7-12(9-13(11)15)21(19,20)18-14-5-3-4-8-17-14/h3-9,16H,2,10H2,1H3,(H,17,18). The summed E-state index contributed by atoms with van der Waals surface area (Å²) in [6.45, 7) is 3.41. The molecular formula is C14H16ClN3O2S. The molecule has 112 valence electrons. The lowest BCUT2D eigenvalue weighted by Gasteiger charge is -2.10. The summed E-state index contributed by atoms with van der Waals surface area (Å²) in [6, 6.07) is 9.68. The van der Waals surface area contributed by atoms with Gasteiger partial charge in [-0.05, 0) is 36.4 Å². The van der Waals surface area contributed by atoms with Gasteiger partial charge in [-0.2, -0.15) is 0 Å². The molecule has 21 heavy (non-hydrogen) atoms. The number of halogens is 1. The molecule has 0 unspecified atom stereocenters. The van der Waals surface area contributed by atoms with Crippen LogP contribution in [0.2, 0.25) is 5.02 Å². The predicted octanol–water partition coefficient (Wildman–Crippen LogP) is 2.65. The summed E-state index contributed by atoms with van der Waals surface area (Å²) in [6.07, 6.45) is 1.52. The average molecular weight is 326 g/mol. The molecule has 1 aromatic heterocycles. The molecule has 0 bridgehead atoms. The minimum absolute atomic E-state index is 0.110. The molecule has 2 N–H and O–H groups in total. The Hall–Kier alpha value is -1.63. The molecule has 2 rings (SSSR count). The highest BCUT2D eigenvalue weighted by molar-refractivity contribution is 7.92. The Morgan fingerprint density at radius 3 is 2.67 bits per heavy atom. The van der Waals surface area contributed by atoms with Crippen molar-refractivity contribution in [1.82, 2.24) is 10.3 Å². The van der Waals surface area contributed by atoms with Gasteiger partial charge in [-0.25, -0.2) is 13.4 Å². The quantitative estimate of drug-likeness (QED) is 0.856. The Labute approximate surface area is 129 Å². The fourth-order valence-electron chi connectivity index (χ4n) is 1.72. The molecule has 5 nitrogen and oxygen atoms in total. The molecule has 0 saturated heterocycles. The van der Waals surface area contributed by atoms with Gasteiger partial charge in [0, 0.05) is 17.8 Å². The van der Waals surface area contributed by atoms with Crippen molar-refractivity contribution in [3.05, 3.63) is 53.2 Å². The lowest BCUT2D eigenvalue weighted by molar-refractivity contribution is 0.601. The van der Waals surface area contributed by atoms with Crippen molar-refractivity contribution in [2.75, 3.05) is 11.3 Å². The van der Waals surface area contributed by atoms with Crippen LogP contribution in [0.3, 0.4) is 0 Å². The fraction of sp³-hybridized carbons (Fsp3) is 0.214.